The minimum atomic E-state index is -2.53. The average Bonchev–Trinajstić information content (AvgIpc) is 2.49. The molecular weight excluding hydrogens is 373 g/mol. The molecule has 0 saturated carbocycles. The SMILES string of the molecule is COc1ccc([C@H](C(F)F)N2CCNCC2)c(Cl)c1OC.Cl.Cl. The van der Waals surface area contributed by atoms with Gasteiger partial charge in [0.2, 0.25) is 0 Å². The van der Waals surface area contributed by atoms with Crippen LogP contribution in [-0.4, -0.2) is 51.7 Å². The van der Waals surface area contributed by atoms with Gasteiger partial charge < -0.3 is 14.8 Å². The number of nitrogens with one attached hydrogen (secondary N) is 1. The number of halogens is 5. The molecule has 0 aromatic heterocycles. The van der Waals surface area contributed by atoms with Gasteiger partial charge in [0.15, 0.2) is 11.5 Å². The van der Waals surface area contributed by atoms with Crippen LogP contribution in [0.3, 0.4) is 0 Å². The van der Waals surface area contributed by atoms with Crippen LogP contribution < -0.4 is 14.8 Å². The fraction of sp³-hybridized carbons (Fsp3) is 0.571. The topological polar surface area (TPSA) is 33.7 Å². The molecule has 9 heteroatoms. The predicted octanol–water partition coefficient (Wildman–Crippen LogP) is 3.41. The third-order valence-corrected chi connectivity index (χ3v) is 4.01. The molecule has 0 aliphatic carbocycles. The number of rotatable bonds is 5. The number of hydrogen-bond acceptors (Lipinski definition) is 4. The van der Waals surface area contributed by atoms with Crippen molar-refractivity contribution in [1.82, 2.24) is 10.2 Å². The first-order valence-corrected chi connectivity index (χ1v) is 7.11. The number of ether oxygens (including phenoxy) is 2. The van der Waals surface area contributed by atoms with Crippen molar-refractivity contribution in [2.75, 3.05) is 40.4 Å². The third-order valence-electron chi connectivity index (χ3n) is 3.62. The van der Waals surface area contributed by atoms with Crippen molar-refractivity contribution in [1.29, 1.82) is 0 Å². The van der Waals surface area contributed by atoms with E-state index in [-0.39, 0.29) is 35.6 Å². The van der Waals surface area contributed by atoms with Gasteiger partial charge in [-0.2, -0.15) is 0 Å². The van der Waals surface area contributed by atoms with Crippen LogP contribution in [0.2, 0.25) is 5.02 Å². The van der Waals surface area contributed by atoms with Crippen molar-refractivity contribution in [3.8, 4) is 11.5 Å². The van der Waals surface area contributed by atoms with Gasteiger partial charge >= 0.3 is 0 Å². The molecule has 1 atom stereocenters. The maximum absolute atomic E-state index is 13.6. The molecule has 134 valence electrons. The van der Waals surface area contributed by atoms with Crippen molar-refractivity contribution in [3.63, 3.8) is 0 Å². The lowest BCUT2D eigenvalue weighted by molar-refractivity contribution is 0.0181. The second kappa shape index (κ2) is 10.4. The van der Waals surface area contributed by atoms with Crippen LogP contribution in [0.15, 0.2) is 12.1 Å². The Kier molecular flexibility index (Phi) is 10.1. The molecule has 0 spiro atoms. The number of nitrogens with zero attached hydrogens (tertiary/aromatic N) is 1. The number of hydrogen-bond donors (Lipinski definition) is 1. The van der Waals surface area contributed by atoms with E-state index < -0.39 is 12.5 Å². The molecule has 1 aromatic carbocycles. The molecule has 1 fully saturated rings. The van der Waals surface area contributed by atoms with Crippen LogP contribution in [0.25, 0.3) is 0 Å². The quantitative estimate of drug-likeness (QED) is 0.831. The summed E-state index contributed by atoms with van der Waals surface area (Å²) in [6.07, 6.45) is -2.53. The molecule has 0 unspecified atom stereocenters. The predicted molar refractivity (Wildman–Crippen MR) is 92.2 cm³/mol. The lowest BCUT2D eigenvalue weighted by Crippen LogP contribution is -2.47. The highest BCUT2D eigenvalue weighted by atomic mass is 35.5. The first kappa shape index (κ1) is 22.5. The van der Waals surface area contributed by atoms with Crippen molar-refractivity contribution >= 4 is 36.4 Å². The Morgan fingerprint density at radius 1 is 1.13 bits per heavy atom. The fourth-order valence-electron chi connectivity index (χ4n) is 2.59. The van der Waals surface area contributed by atoms with Gasteiger partial charge in [0, 0.05) is 26.2 Å². The summed E-state index contributed by atoms with van der Waals surface area (Å²) in [7, 11) is 2.92. The summed E-state index contributed by atoms with van der Waals surface area (Å²) >= 11 is 6.27. The monoisotopic (exact) mass is 392 g/mol. The second-order valence-electron chi connectivity index (χ2n) is 4.77. The summed E-state index contributed by atoms with van der Waals surface area (Å²) < 4.78 is 37.5. The number of alkyl halides is 2. The van der Waals surface area contributed by atoms with Crippen LogP contribution >= 0.6 is 36.4 Å². The highest BCUT2D eigenvalue weighted by Crippen LogP contribution is 2.42. The smallest absolute Gasteiger partial charge is 0.258 e. The summed E-state index contributed by atoms with van der Waals surface area (Å²) in [5.74, 6) is 0.719. The molecule has 1 heterocycles. The van der Waals surface area contributed by atoms with E-state index in [4.69, 9.17) is 21.1 Å². The minimum Gasteiger partial charge on any atom is -0.493 e. The second-order valence-corrected chi connectivity index (χ2v) is 5.15. The Morgan fingerprint density at radius 3 is 2.22 bits per heavy atom. The van der Waals surface area contributed by atoms with Crippen LogP contribution in [0.1, 0.15) is 11.6 Å². The van der Waals surface area contributed by atoms with E-state index in [1.54, 1.807) is 17.0 Å². The minimum absolute atomic E-state index is 0. The van der Waals surface area contributed by atoms with Crippen LogP contribution in [0, 0.1) is 0 Å². The molecule has 2 rings (SSSR count). The van der Waals surface area contributed by atoms with E-state index in [1.165, 1.54) is 14.2 Å². The molecule has 0 amide bonds. The van der Waals surface area contributed by atoms with Gasteiger partial charge in [-0.05, 0) is 11.6 Å². The van der Waals surface area contributed by atoms with Gasteiger partial charge in [-0.3, -0.25) is 4.90 Å². The van der Waals surface area contributed by atoms with E-state index in [1.807, 2.05) is 0 Å². The number of methoxy groups -OCH3 is 2. The Labute approximate surface area is 152 Å². The lowest BCUT2D eigenvalue weighted by Gasteiger charge is -2.35. The van der Waals surface area contributed by atoms with Gasteiger partial charge in [-0.15, -0.1) is 24.8 Å². The Hall–Kier alpha value is -0.530. The Morgan fingerprint density at radius 2 is 1.74 bits per heavy atom. The summed E-state index contributed by atoms with van der Waals surface area (Å²) in [6, 6.07) is 2.15. The summed E-state index contributed by atoms with van der Waals surface area (Å²) in [4.78, 5) is 1.74. The van der Waals surface area contributed by atoms with Gasteiger partial charge in [0.25, 0.3) is 6.43 Å². The number of piperazine rings is 1. The molecule has 1 aliphatic heterocycles. The zero-order chi connectivity index (χ0) is 15.4. The molecular formula is C14H21Cl3F2N2O2. The lowest BCUT2D eigenvalue weighted by atomic mass is 10.0. The first-order valence-electron chi connectivity index (χ1n) is 6.73. The summed E-state index contributed by atoms with van der Waals surface area (Å²) in [5, 5.41) is 3.33. The van der Waals surface area contributed by atoms with Crippen LogP contribution in [0.4, 0.5) is 8.78 Å². The fourth-order valence-corrected chi connectivity index (χ4v) is 2.93. The van der Waals surface area contributed by atoms with Gasteiger partial charge in [-0.1, -0.05) is 17.7 Å². The van der Waals surface area contributed by atoms with Crippen molar-refractivity contribution < 1.29 is 18.3 Å². The Bertz CT molecular complexity index is 489. The van der Waals surface area contributed by atoms with E-state index in [9.17, 15) is 8.78 Å². The molecule has 4 nitrogen and oxygen atoms in total. The molecule has 1 aliphatic rings. The first-order chi connectivity index (χ1) is 10.1. The maximum atomic E-state index is 13.6. The Balaban J connectivity index is 0.00000242. The molecule has 1 aromatic rings. The largest absolute Gasteiger partial charge is 0.493 e. The molecule has 0 radical (unpaired) electrons. The maximum Gasteiger partial charge on any atom is 0.258 e. The molecule has 1 saturated heterocycles. The van der Waals surface area contributed by atoms with Gasteiger partial charge in [-0.25, -0.2) is 8.78 Å². The van der Waals surface area contributed by atoms with E-state index >= 15 is 0 Å². The third kappa shape index (κ3) is 4.97. The molecule has 1 N–H and O–H groups in total. The molecule has 23 heavy (non-hydrogen) atoms. The van der Waals surface area contributed by atoms with Crippen molar-refractivity contribution in [3.05, 3.63) is 22.7 Å². The summed E-state index contributed by atoms with van der Waals surface area (Å²) in [6.45, 7) is 2.49. The van der Waals surface area contributed by atoms with Crippen molar-refractivity contribution in [2.24, 2.45) is 0 Å². The standard InChI is InChI=1S/C14H19ClF2N2O2.2ClH/c1-20-10-4-3-9(11(15)13(10)21-2)12(14(16)17)19-7-5-18-6-8-19;;/h3-4,12,14,18H,5-8H2,1-2H3;2*1H/t12-;;/m1../s1. The van der Waals surface area contributed by atoms with E-state index in [0.717, 1.165) is 0 Å². The summed E-state index contributed by atoms with van der Waals surface area (Å²) in [5.41, 5.74) is 0.367. The number of benzene rings is 1. The average molecular weight is 394 g/mol. The van der Waals surface area contributed by atoms with Crippen LogP contribution in [0.5, 0.6) is 11.5 Å². The van der Waals surface area contributed by atoms with Crippen LogP contribution in [-0.2, 0) is 0 Å². The van der Waals surface area contributed by atoms with E-state index in [2.05, 4.69) is 5.32 Å². The zero-order valence-corrected chi connectivity index (χ0v) is 15.2. The van der Waals surface area contributed by atoms with Gasteiger partial charge in [0.1, 0.15) is 0 Å². The highest BCUT2D eigenvalue weighted by molar-refractivity contribution is 6.33. The van der Waals surface area contributed by atoms with E-state index in [0.29, 0.717) is 37.5 Å². The molecule has 0 bridgehead atoms. The zero-order valence-electron chi connectivity index (χ0n) is 12.9. The van der Waals surface area contributed by atoms with Gasteiger partial charge in [0.05, 0.1) is 25.3 Å². The normalized spacial score (nSPS) is 16.3. The van der Waals surface area contributed by atoms with Crippen molar-refractivity contribution in [2.45, 2.75) is 12.5 Å². The highest BCUT2D eigenvalue weighted by Gasteiger charge is 2.33.